The molecule has 2 aromatic carbocycles. The van der Waals surface area contributed by atoms with Crippen LogP contribution in [-0.4, -0.2) is 0 Å². The number of unbranched alkanes of at least 4 members (excludes halogenated alkanes) is 2. The van der Waals surface area contributed by atoms with Gasteiger partial charge in [-0.2, -0.15) is 0 Å². The molecule has 1 aliphatic carbocycles. The fourth-order valence-electron chi connectivity index (χ4n) is 4.21. The van der Waals surface area contributed by atoms with Gasteiger partial charge in [0.1, 0.15) is 0 Å². The fourth-order valence-corrected chi connectivity index (χ4v) is 5.17. The zero-order valence-corrected chi connectivity index (χ0v) is 18.6. The van der Waals surface area contributed by atoms with Crippen molar-refractivity contribution in [3.05, 3.63) is 76.4 Å². The van der Waals surface area contributed by atoms with Crippen molar-refractivity contribution in [3.8, 4) is 0 Å². The summed E-state index contributed by atoms with van der Waals surface area (Å²) in [5.74, 6) is 0.590. The van der Waals surface area contributed by atoms with E-state index in [1.165, 1.54) is 72.1 Å². The van der Waals surface area contributed by atoms with E-state index in [1.807, 2.05) is 11.9 Å². The van der Waals surface area contributed by atoms with E-state index in [0.29, 0.717) is 5.92 Å². The second kappa shape index (κ2) is 10.9. The lowest BCUT2D eigenvalue weighted by Crippen LogP contribution is -2.09. The molecule has 0 spiro atoms. The van der Waals surface area contributed by atoms with Crippen LogP contribution in [0.25, 0.3) is 0 Å². The monoisotopic (exact) mass is 393 g/mol. The molecule has 0 aliphatic heterocycles. The molecule has 2 aromatic rings. The summed E-state index contributed by atoms with van der Waals surface area (Å²) in [7, 11) is 0. The molecule has 1 aliphatic rings. The van der Waals surface area contributed by atoms with E-state index in [0.717, 1.165) is 6.54 Å². The Bertz CT molecular complexity index is 779. The van der Waals surface area contributed by atoms with Gasteiger partial charge in [-0.3, -0.25) is 4.72 Å². The first-order chi connectivity index (χ1) is 13.7. The first kappa shape index (κ1) is 21.2. The highest BCUT2D eigenvalue weighted by molar-refractivity contribution is 7.97. The van der Waals surface area contributed by atoms with Gasteiger partial charge < -0.3 is 0 Å². The normalized spacial score (nSPS) is 16.8. The number of benzene rings is 2. The van der Waals surface area contributed by atoms with E-state index >= 15 is 0 Å². The van der Waals surface area contributed by atoms with Crippen LogP contribution >= 0.6 is 11.9 Å². The third-order valence-electron chi connectivity index (χ3n) is 5.84. The van der Waals surface area contributed by atoms with Crippen LogP contribution < -0.4 is 4.72 Å². The molecule has 0 fully saturated rings. The number of rotatable bonds is 9. The van der Waals surface area contributed by atoms with Gasteiger partial charge in [-0.05, 0) is 80.2 Å². The minimum absolute atomic E-state index is 0.590. The summed E-state index contributed by atoms with van der Waals surface area (Å²) in [4.78, 5) is 1.46. The molecule has 0 aromatic heterocycles. The fraction of sp³-hybridized carbons (Fsp3) is 0.462. The Kier molecular flexibility index (Phi) is 8.24. The highest BCUT2D eigenvalue weighted by atomic mass is 32.2. The zero-order valence-electron chi connectivity index (χ0n) is 17.8. The van der Waals surface area contributed by atoms with E-state index in [4.69, 9.17) is 0 Å². The highest BCUT2D eigenvalue weighted by Crippen LogP contribution is 2.37. The zero-order chi connectivity index (χ0) is 19.8. The lowest BCUT2D eigenvalue weighted by Gasteiger charge is -2.24. The lowest BCUT2D eigenvalue weighted by molar-refractivity contribution is 0.628. The molecule has 0 saturated carbocycles. The Balaban J connectivity index is 1.80. The van der Waals surface area contributed by atoms with E-state index < -0.39 is 0 Å². The van der Waals surface area contributed by atoms with E-state index in [1.54, 1.807) is 5.57 Å². The molecule has 0 amide bonds. The molecule has 0 radical (unpaired) electrons. The van der Waals surface area contributed by atoms with E-state index in [-0.39, 0.29) is 0 Å². The molecule has 1 N–H and O–H groups in total. The maximum atomic E-state index is 3.63. The van der Waals surface area contributed by atoms with Gasteiger partial charge in [-0.25, -0.2) is 0 Å². The van der Waals surface area contributed by atoms with Gasteiger partial charge in [-0.1, -0.05) is 73.9 Å². The maximum Gasteiger partial charge on any atom is 0.0313 e. The van der Waals surface area contributed by atoms with Gasteiger partial charge in [0.25, 0.3) is 0 Å². The van der Waals surface area contributed by atoms with E-state index in [2.05, 4.69) is 74.0 Å². The average molecular weight is 394 g/mol. The predicted octanol–water partition coefficient (Wildman–Crippen LogP) is 7.74. The van der Waals surface area contributed by atoms with Crippen molar-refractivity contribution in [2.24, 2.45) is 0 Å². The predicted molar refractivity (Wildman–Crippen MR) is 124 cm³/mol. The molecule has 1 atom stereocenters. The van der Waals surface area contributed by atoms with Crippen molar-refractivity contribution in [2.75, 3.05) is 0 Å². The molecule has 0 saturated heterocycles. The van der Waals surface area contributed by atoms with Crippen molar-refractivity contribution in [1.29, 1.82) is 0 Å². The summed E-state index contributed by atoms with van der Waals surface area (Å²) in [5.41, 5.74) is 7.41. The summed E-state index contributed by atoms with van der Waals surface area (Å²) in [6.45, 7) is 7.80. The molecule has 2 heteroatoms. The minimum atomic E-state index is 0.590. The largest absolute Gasteiger partial charge is 0.255 e. The van der Waals surface area contributed by atoms with Crippen molar-refractivity contribution in [1.82, 2.24) is 4.72 Å². The highest BCUT2D eigenvalue weighted by Gasteiger charge is 2.19. The quantitative estimate of drug-likeness (QED) is 0.266. The Labute approximate surface area is 176 Å². The number of hydrogen-bond donors (Lipinski definition) is 1. The van der Waals surface area contributed by atoms with Gasteiger partial charge in [0.2, 0.25) is 0 Å². The lowest BCUT2D eigenvalue weighted by atomic mass is 9.83. The van der Waals surface area contributed by atoms with Gasteiger partial charge in [0.05, 0.1) is 0 Å². The van der Waals surface area contributed by atoms with Gasteiger partial charge >= 0.3 is 0 Å². The number of aryl methyl sites for hydroxylation is 1. The molecular weight excluding hydrogens is 358 g/mol. The van der Waals surface area contributed by atoms with Crippen LogP contribution in [0, 0.1) is 6.92 Å². The Morgan fingerprint density at radius 3 is 2.61 bits per heavy atom. The molecular formula is C26H35NS. The summed E-state index contributed by atoms with van der Waals surface area (Å²) in [6, 6.07) is 15.5. The van der Waals surface area contributed by atoms with Crippen LogP contribution in [0.2, 0.25) is 0 Å². The van der Waals surface area contributed by atoms with Gasteiger partial charge in [-0.15, -0.1) is 0 Å². The standard InChI is InChI=1S/C26H35NS/c1-4-5-7-14-23-16-17-25(24-15-10-11-20(2)18-24)21(3)26(23)28-27-19-22-12-8-6-9-13-22/h6,8-9,12-13,16-18,24,27H,4-5,7,10-11,14-15,19H2,1-3H3. The summed E-state index contributed by atoms with van der Waals surface area (Å²) in [6.07, 6.45) is 11.4. The third kappa shape index (κ3) is 5.75. The topological polar surface area (TPSA) is 12.0 Å². The van der Waals surface area contributed by atoms with Gasteiger partial charge in [0, 0.05) is 17.4 Å². The van der Waals surface area contributed by atoms with E-state index in [9.17, 15) is 0 Å². The summed E-state index contributed by atoms with van der Waals surface area (Å²) < 4.78 is 3.63. The molecule has 1 nitrogen and oxygen atoms in total. The van der Waals surface area contributed by atoms with Crippen molar-refractivity contribution in [3.63, 3.8) is 0 Å². The third-order valence-corrected chi connectivity index (χ3v) is 6.90. The minimum Gasteiger partial charge on any atom is -0.255 e. The Morgan fingerprint density at radius 2 is 1.86 bits per heavy atom. The van der Waals surface area contributed by atoms with Crippen molar-refractivity contribution < 1.29 is 0 Å². The molecule has 0 heterocycles. The maximum absolute atomic E-state index is 3.63. The second-order valence-corrected chi connectivity index (χ2v) is 9.05. The van der Waals surface area contributed by atoms with Crippen LogP contribution in [0.15, 0.2) is 59.0 Å². The molecule has 1 unspecified atom stereocenters. The smallest absolute Gasteiger partial charge is 0.0313 e. The first-order valence-electron chi connectivity index (χ1n) is 10.9. The number of allylic oxidation sites excluding steroid dienone is 2. The second-order valence-electron chi connectivity index (χ2n) is 8.15. The van der Waals surface area contributed by atoms with Crippen LogP contribution in [0.4, 0.5) is 0 Å². The Morgan fingerprint density at radius 1 is 1.04 bits per heavy atom. The molecule has 28 heavy (non-hydrogen) atoms. The first-order valence-corrected chi connectivity index (χ1v) is 11.7. The van der Waals surface area contributed by atoms with Crippen LogP contribution in [0.1, 0.15) is 80.5 Å². The van der Waals surface area contributed by atoms with Gasteiger partial charge in [0.15, 0.2) is 0 Å². The molecule has 3 rings (SSSR count). The summed E-state index contributed by atoms with van der Waals surface area (Å²) in [5, 5.41) is 0. The van der Waals surface area contributed by atoms with Crippen LogP contribution in [0.5, 0.6) is 0 Å². The average Bonchev–Trinajstić information content (AvgIpc) is 2.71. The van der Waals surface area contributed by atoms with Crippen molar-refractivity contribution in [2.45, 2.75) is 83.1 Å². The number of nitrogens with one attached hydrogen (secondary N) is 1. The summed E-state index contributed by atoms with van der Waals surface area (Å²) >= 11 is 1.83. The number of hydrogen-bond acceptors (Lipinski definition) is 2. The van der Waals surface area contributed by atoms with Crippen molar-refractivity contribution >= 4 is 11.9 Å². The molecule has 150 valence electrons. The SMILES string of the molecule is CCCCCc1ccc(C2C=C(C)CCC2)c(C)c1SNCc1ccccc1. The van der Waals surface area contributed by atoms with Crippen LogP contribution in [0.3, 0.4) is 0 Å². The van der Waals surface area contributed by atoms with Crippen LogP contribution in [-0.2, 0) is 13.0 Å². The Hall–Kier alpha value is -1.51. The molecule has 0 bridgehead atoms.